The van der Waals surface area contributed by atoms with Crippen LogP contribution in [0.3, 0.4) is 0 Å². The number of hydrogen-bond donors (Lipinski definition) is 1. The van der Waals surface area contributed by atoms with Gasteiger partial charge < -0.3 is 19.7 Å². The maximum atomic E-state index is 13.7. The summed E-state index contributed by atoms with van der Waals surface area (Å²) < 4.78 is 37.6. The Morgan fingerprint density at radius 2 is 1.73 bits per heavy atom. The Morgan fingerprint density at radius 3 is 2.35 bits per heavy atom. The van der Waals surface area contributed by atoms with Crippen molar-refractivity contribution in [1.82, 2.24) is 10.2 Å². The largest absolute Gasteiger partial charge is 0.486 e. The number of nitrogens with one attached hydrogen (secondary N) is 1. The lowest BCUT2D eigenvalue weighted by molar-refractivity contribution is -0.139. The molecule has 37 heavy (non-hydrogen) atoms. The van der Waals surface area contributed by atoms with Crippen molar-refractivity contribution >= 4 is 50.7 Å². The van der Waals surface area contributed by atoms with Gasteiger partial charge in [0.05, 0.1) is 11.9 Å². The zero-order chi connectivity index (χ0) is 27.2. The second-order valence-electron chi connectivity index (χ2n) is 8.64. The monoisotopic (exact) mass is 571 g/mol. The van der Waals surface area contributed by atoms with Crippen molar-refractivity contribution in [3.8, 4) is 11.5 Å². The number of hydrogen-bond acceptors (Lipinski definition) is 6. The maximum absolute atomic E-state index is 13.7. The summed E-state index contributed by atoms with van der Waals surface area (Å²) in [6, 6.07) is 8.67. The fraction of sp³-hybridized carbons (Fsp3) is 0.440. The van der Waals surface area contributed by atoms with Crippen LogP contribution in [0.15, 0.2) is 36.4 Å². The third kappa shape index (κ3) is 7.43. The van der Waals surface area contributed by atoms with E-state index < -0.39 is 28.5 Å². The summed E-state index contributed by atoms with van der Waals surface area (Å²) in [6.07, 6.45) is 2.69. The van der Waals surface area contributed by atoms with Crippen molar-refractivity contribution in [3.05, 3.63) is 52.0 Å². The highest BCUT2D eigenvalue weighted by atomic mass is 35.5. The van der Waals surface area contributed by atoms with Gasteiger partial charge in [-0.3, -0.25) is 13.9 Å². The van der Waals surface area contributed by atoms with Crippen LogP contribution in [0.2, 0.25) is 10.0 Å². The Balaban J connectivity index is 1.93. The lowest BCUT2D eigenvalue weighted by atomic mass is 10.1. The van der Waals surface area contributed by atoms with Crippen molar-refractivity contribution < 1.29 is 27.5 Å². The first kappa shape index (κ1) is 28.9. The Kier molecular flexibility index (Phi) is 9.92. The summed E-state index contributed by atoms with van der Waals surface area (Å²) >= 11 is 12.7. The SMILES string of the molecule is CCCCNC(=O)[C@H](C)N(Cc1c(Cl)cccc1Cl)C(=O)CN(c1ccc2c(c1)OCCO2)S(C)(=O)=O. The summed E-state index contributed by atoms with van der Waals surface area (Å²) in [5.41, 5.74) is 0.688. The molecule has 1 aliphatic heterocycles. The Morgan fingerprint density at radius 1 is 1.08 bits per heavy atom. The molecule has 9 nitrogen and oxygen atoms in total. The van der Waals surface area contributed by atoms with Crippen molar-refractivity contribution in [2.24, 2.45) is 0 Å². The van der Waals surface area contributed by atoms with E-state index in [1.807, 2.05) is 6.92 Å². The lowest BCUT2D eigenvalue weighted by Gasteiger charge is -2.32. The first-order valence-electron chi connectivity index (χ1n) is 11.9. The van der Waals surface area contributed by atoms with Crippen LogP contribution >= 0.6 is 23.2 Å². The van der Waals surface area contributed by atoms with Gasteiger partial charge in [0, 0.05) is 34.8 Å². The van der Waals surface area contributed by atoms with E-state index >= 15 is 0 Å². The average Bonchev–Trinajstić information content (AvgIpc) is 2.85. The molecular weight excluding hydrogens is 541 g/mol. The molecule has 0 aromatic heterocycles. The van der Waals surface area contributed by atoms with Gasteiger partial charge >= 0.3 is 0 Å². The van der Waals surface area contributed by atoms with Crippen LogP contribution in [-0.4, -0.2) is 63.7 Å². The number of carbonyl (C=O) groups excluding carboxylic acids is 2. The van der Waals surface area contributed by atoms with Crippen molar-refractivity contribution in [1.29, 1.82) is 0 Å². The highest BCUT2D eigenvalue weighted by Crippen LogP contribution is 2.35. The second-order valence-corrected chi connectivity index (χ2v) is 11.4. The van der Waals surface area contributed by atoms with Gasteiger partial charge in [-0.15, -0.1) is 0 Å². The molecule has 0 saturated carbocycles. The van der Waals surface area contributed by atoms with Gasteiger partial charge in [0.2, 0.25) is 21.8 Å². The van der Waals surface area contributed by atoms with Crippen LogP contribution in [0.5, 0.6) is 11.5 Å². The average molecular weight is 573 g/mol. The molecule has 0 unspecified atom stereocenters. The zero-order valence-corrected chi connectivity index (χ0v) is 23.3. The lowest BCUT2D eigenvalue weighted by Crippen LogP contribution is -2.51. The third-order valence-electron chi connectivity index (χ3n) is 5.88. The first-order chi connectivity index (χ1) is 17.5. The molecule has 1 atom stereocenters. The standard InChI is InChI=1S/C25H31Cl2N3O6S/c1-4-5-11-28-25(32)17(2)29(15-19-20(26)7-6-8-21(19)27)24(31)16-30(37(3,33)34)18-9-10-22-23(14-18)36-13-12-35-22/h6-10,14,17H,4-5,11-13,15-16H2,1-3H3,(H,28,32)/t17-/m0/s1. The number of nitrogens with zero attached hydrogens (tertiary/aromatic N) is 2. The van der Waals surface area contributed by atoms with E-state index in [0.29, 0.717) is 46.9 Å². The molecule has 1 heterocycles. The van der Waals surface area contributed by atoms with E-state index in [9.17, 15) is 18.0 Å². The minimum absolute atomic E-state index is 0.0849. The summed E-state index contributed by atoms with van der Waals surface area (Å²) in [4.78, 5) is 27.8. The molecule has 202 valence electrons. The fourth-order valence-corrected chi connectivity index (χ4v) is 5.13. The van der Waals surface area contributed by atoms with Crippen LogP contribution in [0.25, 0.3) is 0 Å². The van der Waals surface area contributed by atoms with E-state index in [-0.39, 0.29) is 18.1 Å². The van der Waals surface area contributed by atoms with Crippen molar-refractivity contribution in [2.45, 2.75) is 39.3 Å². The van der Waals surface area contributed by atoms with E-state index in [2.05, 4.69) is 5.32 Å². The quantitative estimate of drug-likeness (QED) is 0.410. The predicted molar refractivity (Wildman–Crippen MR) is 144 cm³/mol. The van der Waals surface area contributed by atoms with E-state index in [4.69, 9.17) is 32.7 Å². The number of rotatable bonds is 11. The number of carbonyl (C=O) groups is 2. The molecule has 2 aromatic rings. The molecule has 3 rings (SSSR count). The van der Waals surface area contributed by atoms with Gasteiger partial charge in [-0.1, -0.05) is 42.6 Å². The Hall–Kier alpha value is -2.69. The van der Waals surface area contributed by atoms with Crippen LogP contribution in [-0.2, 0) is 26.2 Å². The maximum Gasteiger partial charge on any atom is 0.244 e. The van der Waals surface area contributed by atoms with E-state index in [1.54, 1.807) is 31.2 Å². The molecule has 0 bridgehead atoms. The Labute approximate surface area is 227 Å². The normalized spacial score (nSPS) is 13.5. The molecule has 0 spiro atoms. The molecular formula is C25H31Cl2N3O6S. The zero-order valence-electron chi connectivity index (χ0n) is 21.0. The van der Waals surface area contributed by atoms with Crippen LogP contribution < -0.4 is 19.1 Å². The minimum atomic E-state index is -3.89. The van der Waals surface area contributed by atoms with E-state index in [0.717, 1.165) is 23.4 Å². The first-order valence-corrected chi connectivity index (χ1v) is 14.5. The third-order valence-corrected chi connectivity index (χ3v) is 7.73. The number of fused-ring (bicyclic) bond motifs is 1. The summed E-state index contributed by atoms with van der Waals surface area (Å²) in [6.45, 7) is 4.12. The van der Waals surface area contributed by atoms with E-state index in [1.165, 1.54) is 17.0 Å². The van der Waals surface area contributed by atoms with Gasteiger partial charge in [0.25, 0.3) is 0 Å². The summed E-state index contributed by atoms with van der Waals surface area (Å²) in [5.74, 6) is -0.0972. The number of benzene rings is 2. The molecule has 0 fully saturated rings. The number of halogens is 2. The Bertz CT molecular complexity index is 1220. The van der Waals surface area contributed by atoms with Crippen LogP contribution in [0.4, 0.5) is 5.69 Å². The number of anilines is 1. The van der Waals surface area contributed by atoms with Gasteiger partial charge in [0.15, 0.2) is 11.5 Å². The van der Waals surface area contributed by atoms with Gasteiger partial charge in [-0.25, -0.2) is 8.42 Å². The fourth-order valence-electron chi connectivity index (χ4n) is 3.77. The smallest absolute Gasteiger partial charge is 0.244 e. The molecule has 2 amide bonds. The number of unbranched alkanes of at least 4 members (excludes halogenated alkanes) is 1. The molecule has 12 heteroatoms. The summed E-state index contributed by atoms with van der Waals surface area (Å²) in [7, 11) is -3.89. The van der Waals surface area contributed by atoms with Gasteiger partial charge in [-0.2, -0.15) is 0 Å². The second kappa shape index (κ2) is 12.7. The highest BCUT2D eigenvalue weighted by Gasteiger charge is 2.31. The van der Waals surface area contributed by atoms with Crippen molar-refractivity contribution in [2.75, 3.05) is 36.9 Å². The molecule has 1 aliphatic rings. The van der Waals surface area contributed by atoms with Crippen LogP contribution in [0, 0.1) is 0 Å². The number of ether oxygens (including phenoxy) is 2. The topological polar surface area (TPSA) is 105 Å². The molecule has 0 radical (unpaired) electrons. The predicted octanol–water partition coefficient (Wildman–Crippen LogP) is 3.86. The minimum Gasteiger partial charge on any atom is -0.486 e. The highest BCUT2D eigenvalue weighted by molar-refractivity contribution is 7.92. The van der Waals surface area contributed by atoms with Crippen LogP contribution in [0.1, 0.15) is 32.3 Å². The number of amides is 2. The van der Waals surface area contributed by atoms with Gasteiger partial charge in [0.1, 0.15) is 25.8 Å². The molecule has 0 aliphatic carbocycles. The van der Waals surface area contributed by atoms with Gasteiger partial charge in [-0.05, 0) is 37.6 Å². The molecule has 1 N–H and O–H groups in total. The number of sulfonamides is 1. The summed E-state index contributed by atoms with van der Waals surface area (Å²) in [5, 5.41) is 3.48. The molecule has 0 saturated heterocycles. The van der Waals surface area contributed by atoms with Crippen molar-refractivity contribution in [3.63, 3.8) is 0 Å². The molecule has 2 aromatic carbocycles.